The van der Waals surface area contributed by atoms with Gasteiger partial charge in [-0.05, 0) is 49.4 Å². The number of hydrogen-bond donors (Lipinski definition) is 0. The fourth-order valence-electron chi connectivity index (χ4n) is 2.68. The zero-order chi connectivity index (χ0) is 13.0. The standard InChI is InChI=1S/C15H20BrNO/c1-17-15-6-4-3-5-11(15)9-12-10-13(18-2)7-8-14(12)16/h7-8,10-11H,3-6,9H2,1-2H3. The van der Waals surface area contributed by atoms with Crippen molar-refractivity contribution in [2.45, 2.75) is 32.1 Å². The molecule has 0 aromatic heterocycles. The van der Waals surface area contributed by atoms with Crippen LogP contribution in [0.2, 0.25) is 0 Å². The molecule has 1 aliphatic rings. The second kappa shape index (κ2) is 6.37. The Morgan fingerprint density at radius 3 is 2.94 bits per heavy atom. The van der Waals surface area contributed by atoms with Crippen molar-refractivity contribution in [1.82, 2.24) is 0 Å². The van der Waals surface area contributed by atoms with Crippen LogP contribution in [0.15, 0.2) is 27.7 Å². The molecule has 2 rings (SSSR count). The first kappa shape index (κ1) is 13.6. The van der Waals surface area contributed by atoms with E-state index in [0.29, 0.717) is 5.92 Å². The Hall–Kier alpha value is -0.830. The fraction of sp³-hybridized carbons (Fsp3) is 0.533. The minimum Gasteiger partial charge on any atom is -0.497 e. The van der Waals surface area contributed by atoms with E-state index in [9.17, 15) is 0 Å². The molecule has 98 valence electrons. The van der Waals surface area contributed by atoms with Crippen LogP contribution < -0.4 is 4.74 Å². The summed E-state index contributed by atoms with van der Waals surface area (Å²) in [7, 11) is 3.64. The summed E-state index contributed by atoms with van der Waals surface area (Å²) in [6, 6.07) is 6.19. The van der Waals surface area contributed by atoms with Crippen LogP contribution in [0.3, 0.4) is 0 Å². The average molecular weight is 310 g/mol. The normalized spacial score (nSPS) is 22.2. The van der Waals surface area contributed by atoms with E-state index in [0.717, 1.165) is 12.2 Å². The molecule has 0 spiro atoms. The van der Waals surface area contributed by atoms with Gasteiger partial charge in [0.05, 0.1) is 7.11 Å². The van der Waals surface area contributed by atoms with Crippen molar-refractivity contribution in [2.75, 3.05) is 14.2 Å². The van der Waals surface area contributed by atoms with Crippen LogP contribution in [0.5, 0.6) is 5.75 Å². The van der Waals surface area contributed by atoms with Crippen LogP contribution in [0, 0.1) is 5.92 Å². The summed E-state index contributed by atoms with van der Waals surface area (Å²) in [4.78, 5) is 4.47. The number of nitrogens with zero attached hydrogens (tertiary/aromatic N) is 1. The molecule has 0 amide bonds. The van der Waals surface area contributed by atoms with Crippen LogP contribution in [0.4, 0.5) is 0 Å². The van der Waals surface area contributed by atoms with E-state index in [2.05, 4.69) is 33.1 Å². The SMILES string of the molecule is CN=C1CCCCC1Cc1cc(OC)ccc1Br. The predicted molar refractivity (Wildman–Crippen MR) is 79.7 cm³/mol. The van der Waals surface area contributed by atoms with Gasteiger partial charge in [0.1, 0.15) is 5.75 Å². The number of rotatable bonds is 3. The van der Waals surface area contributed by atoms with Gasteiger partial charge in [0.15, 0.2) is 0 Å². The number of methoxy groups -OCH3 is 1. The highest BCUT2D eigenvalue weighted by Gasteiger charge is 2.21. The lowest BCUT2D eigenvalue weighted by atomic mass is 9.83. The Balaban J connectivity index is 2.17. The van der Waals surface area contributed by atoms with Crippen molar-refractivity contribution in [2.24, 2.45) is 10.9 Å². The van der Waals surface area contributed by atoms with E-state index in [-0.39, 0.29) is 0 Å². The molecule has 1 aromatic carbocycles. The quantitative estimate of drug-likeness (QED) is 0.817. The second-order valence-corrected chi connectivity index (χ2v) is 5.67. The first-order valence-corrected chi connectivity index (χ1v) is 7.32. The summed E-state index contributed by atoms with van der Waals surface area (Å²) >= 11 is 3.63. The number of ether oxygens (including phenoxy) is 1. The van der Waals surface area contributed by atoms with Crippen molar-refractivity contribution < 1.29 is 4.74 Å². The molecule has 1 fully saturated rings. The molecular formula is C15H20BrNO. The van der Waals surface area contributed by atoms with Crippen LogP contribution >= 0.6 is 15.9 Å². The van der Waals surface area contributed by atoms with Gasteiger partial charge in [-0.25, -0.2) is 0 Å². The van der Waals surface area contributed by atoms with Crippen molar-refractivity contribution in [3.63, 3.8) is 0 Å². The Labute approximate surface area is 118 Å². The lowest BCUT2D eigenvalue weighted by Crippen LogP contribution is -2.21. The lowest BCUT2D eigenvalue weighted by Gasteiger charge is -2.24. The monoisotopic (exact) mass is 309 g/mol. The summed E-state index contributed by atoms with van der Waals surface area (Å²) in [6.07, 6.45) is 6.11. The fourth-order valence-corrected chi connectivity index (χ4v) is 3.09. The Morgan fingerprint density at radius 2 is 2.22 bits per heavy atom. The summed E-state index contributed by atoms with van der Waals surface area (Å²) in [5, 5.41) is 0. The molecule has 0 radical (unpaired) electrons. The first-order valence-electron chi connectivity index (χ1n) is 6.52. The van der Waals surface area contributed by atoms with E-state index in [1.165, 1.54) is 41.4 Å². The lowest BCUT2D eigenvalue weighted by molar-refractivity contribution is 0.413. The number of hydrogen-bond acceptors (Lipinski definition) is 2. The molecular weight excluding hydrogens is 290 g/mol. The summed E-state index contributed by atoms with van der Waals surface area (Å²) in [5.41, 5.74) is 2.71. The Bertz CT molecular complexity index is 442. The van der Waals surface area contributed by atoms with Gasteiger partial charge in [0, 0.05) is 23.1 Å². The topological polar surface area (TPSA) is 21.6 Å². The van der Waals surface area contributed by atoms with Gasteiger partial charge in [-0.3, -0.25) is 4.99 Å². The minimum atomic E-state index is 0.604. The zero-order valence-electron chi connectivity index (χ0n) is 11.1. The largest absolute Gasteiger partial charge is 0.497 e. The third-order valence-corrected chi connectivity index (χ3v) is 4.49. The number of aliphatic imine (C=N–C) groups is 1. The van der Waals surface area contributed by atoms with Crippen LogP contribution in [0.1, 0.15) is 31.2 Å². The molecule has 1 aliphatic carbocycles. The Morgan fingerprint density at radius 1 is 1.39 bits per heavy atom. The van der Waals surface area contributed by atoms with Gasteiger partial charge in [-0.1, -0.05) is 22.4 Å². The first-order chi connectivity index (χ1) is 8.74. The molecule has 1 unspecified atom stereocenters. The second-order valence-electron chi connectivity index (χ2n) is 4.82. The molecule has 0 aliphatic heterocycles. The third kappa shape index (κ3) is 3.14. The van der Waals surface area contributed by atoms with E-state index < -0.39 is 0 Å². The molecule has 0 saturated heterocycles. The number of benzene rings is 1. The van der Waals surface area contributed by atoms with E-state index in [1.54, 1.807) is 7.11 Å². The molecule has 3 heteroatoms. The van der Waals surface area contributed by atoms with Crippen molar-refractivity contribution in [3.05, 3.63) is 28.2 Å². The molecule has 1 saturated carbocycles. The number of halogens is 1. The van der Waals surface area contributed by atoms with Crippen LogP contribution in [-0.2, 0) is 6.42 Å². The molecule has 1 aromatic rings. The maximum atomic E-state index is 5.30. The van der Waals surface area contributed by atoms with Crippen LogP contribution in [-0.4, -0.2) is 19.9 Å². The predicted octanol–water partition coefficient (Wildman–Crippen LogP) is 4.26. The van der Waals surface area contributed by atoms with Gasteiger partial charge in [-0.15, -0.1) is 0 Å². The highest BCUT2D eigenvalue weighted by molar-refractivity contribution is 9.10. The van der Waals surface area contributed by atoms with E-state index in [4.69, 9.17) is 4.74 Å². The highest BCUT2D eigenvalue weighted by atomic mass is 79.9. The zero-order valence-corrected chi connectivity index (χ0v) is 12.7. The average Bonchev–Trinajstić information content (AvgIpc) is 2.42. The van der Waals surface area contributed by atoms with E-state index >= 15 is 0 Å². The smallest absolute Gasteiger partial charge is 0.119 e. The molecule has 0 N–H and O–H groups in total. The molecule has 0 bridgehead atoms. The van der Waals surface area contributed by atoms with Crippen molar-refractivity contribution in [1.29, 1.82) is 0 Å². The van der Waals surface area contributed by atoms with Gasteiger partial charge < -0.3 is 4.74 Å². The molecule has 0 heterocycles. The summed E-state index contributed by atoms with van der Waals surface area (Å²) in [5.74, 6) is 1.53. The minimum absolute atomic E-state index is 0.604. The van der Waals surface area contributed by atoms with Gasteiger partial charge in [0.2, 0.25) is 0 Å². The van der Waals surface area contributed by atoms with E-state index in [1.807, 2.05) is 13.1 Å². The van der Waals surface area contributed by atoms with Gasteiger partial charge >= 0.3 is 0 Å². The Kier molecular flexibility index (Phi) is 4.81. The van der Waals surface area contributed by atoms with Gasteiger partial charge in [0.25, 0.3) is 0 Å². The van der Waals surface area contributed by atoms with Gasteiger partial charge in [-0.2, -0.15) is 0 Å². The molecule has 2 nitrogen and oxygen atoms in total. The summed E-state index contributed by atoms with van der Waals surface area (Å²) in [6.45, 7) is 0. The van der Waals surface area contributed by atoms with Crippen molar-refractivity contribution >= 4 is 21.6 Å². The van der Waals surface area contributed by atoms with Crippen molar-refractivity contribution in [3.8, 4) is 5.75 Å². The third-order valence-electron chi connectivity index (χ3n) is 3.71. The maximum absolute atomic E-state index is 5.30. The summed E-state index contributed by atoms with van der Waals surface area (Å²) < 4.78 is 6.47. The highest BCUT2D eigenvalue weighted by Crippen LogP contribution is 2.30. The maximum Gasteiger partial charge on any atom is 0.119 e. The molecule has 1 atom stereocenters. The molecule has 18 heavy (non-hydrogen) atoms. The van der Waals surface area contributed by atoms with Crippen LogP contribution in [0.25, 0.3) is 0 Å².